The molecule has 0 saturated heterocycles. The van der Waals surface area contributed by atoms with Crippen molar-refractivity contribution in [3.05, 3.63) is 150 Å². The predicted octanol–water partition coefficient (Wildman–Crippen LogP) is 13.5. The van der Waals surface area contributed by atoms with E-state index in [2.05, 4.69) is 141 Å². The third-order valence-corrected chi connectivity index (χ3v) is 10.7. The minimum Gasteiger partial charge on any atom is -0.500 e. The summed E-state index contributed by atoms with van der Waals surface area (Å²) in [6.07, 6.45) is 7.83. The van der Waals surface area contributed by atoms with Crippen LogP contribution in [0.15, 0.2) is 119 Å². The molecule has 0 aliphatic rings. The van der Waals surface area contributed by atoms with Crippen LogP contribution < -0.4 is 0 Å². The Kier molecular flexibility index (Phi) is 11.7. The van der Waals surface area contributed by atoms with Gasteiger partial charge in [-0.05, 0) is 52.0 Å². The number of aryl methyl sites for hydroxylation is 1. The zero-order chi connectivity index (χ0) is 40.0. The maximum atomic E-state index is 5.98. The van der Waals surface area contributed by atoms with Crippen molar-refractivity contribution in [1.29, 1.82) is 0 Å². The molecular weight excluding hydrogens is 895 g/mol. The number of imidazole rings is 2. The van der Waals surface area contributed by atoms with Crippen molar-refractivity contribution < 1.29 is 28.9 Å². The van der Waals surface area contributed by atoms with Crippen LogP contribution in [0.3, 0.4) is 0 Å². The van der Waals surface area contributed by atoms with E-state index in [1.54, 1.807) is 0 Å². The summed E-state index contributed by atoms with van der Waals surface area (Å²) in [7, 11) is 0. The Morgan fingerprint density at radius 1 is 0.534 bits per heavy atom. The number of rotatable bonds is 8. The van der Waals surface area contributed by atoms with E-state index in [4.69, 9.17) is 13.8 Å². The van der Waals surface area contributed by atoms with E-state index in [9.17, 15) is 0 Å². The van der Waals surface area contributed by atoms with Gasteiger partial charge in [-0.15, -0.1) is 47.5 Å². The van der Waals surface area contributed by atoms with Gasteiger partial charge in [0.15, 0.2) is 5.89 Å². The zero-order valence-electron chi connectivity index (χ0n) is 34.6. The second kappa shape index (κ2) is 16.7. The maximum absolute atomic E-state index is 5.98. The Bertz CT molecular complexity index is 2800. The van der Waals surface area contributed by atoms with Crippen LogP contribution in [0.5, 0.6) is 0 Å². The summed E-state index contributed by atoms with van der Waals surface area (Å²) < 4.78 is 16.0. The van der Waals surface area contributed by atoms with Crippen LogP contribution >= 0.6 is 0 Å². The Labute approximate surface area is 354 Å². The molecule has 5 aromatic carbocycles. The van der Waals surface area contributed by atoms with Gasteiger partial charge in [-0.3, -0.25) is 9.97 Å². The normalized spacial score (nSPS) is 11.7. The fourth-order valence-corrected chi connectivity index (χ4v) is 7.86. The van der Waals surface area contributed by atoms with Gasteiger partial charge in [0.1, 0.15) is 5.58 Å². The second-order valence-corrected chi connectivity index (χ2v) is 16.0. The van der Waals surface area contributed by atoms with Crippen LogP contribution in [0.4, 0.5) is 0 Å². The molecule has 0 unspecified atom stereocenters. The van der Waals surface area contributed by atoms with Crippen LogP contribution in [0.2, 0.25) is 0 Å². The number of benzene rings is 5. The monoisotopic (exact) mass is 944 g/mol. The standard InChI is InChI=1S/C27H25N2O.C23H24N3O.Ir/c1-17(2)20-9-7-10-21(18(3)4)26(20)29-15-14-28-27(29)19-12-13-25-23(16-19)22-8-5-6-11-24(22)30-25;1-14(2)18-7-6-8-19(15(3)4)22(18)26-12-11-24-23(26)17-9-10-21-20(13-17)25-16(5)27-21;/h5-11,13-18H,1-4H3;6-8,10-15H,1-5H3;/q2*-1;. The zero-order valence-corrected chi connectivity index (χ0v) is 37.0. The molecule has 58 heavy (non-hydrogen) atoms. The van der Waals surface area contributed by atoms with E-state index in [1.165, 1.54) is 33.6 Å². The Hall–Kier alpha value is -5.56. The molecule has 1 radical (unpaired) electrons. The number of hydrogen-bond donors (Lipinski definition) is 0. The summed E-state index contributed by atoms with van der Waals surface area (Å²) in [5.41, 5.74) is 13.0. The van der Waals surface area contributed by atoms with Crippen molar-refractivity contribution in [2.45, 2.75) is 86.0 Å². The molecule has 9 rings (SSSR count). The van der Waals surface area contributed by atoms with Gasteiger partial charge in [0.2, 0.25) is 0 Å². The fraction of sp³-hybridized carbons (Fsp3) is 0.260. The summed E-state index contributed by atoms with van der Waals surface area (Å²) >= 11 is 0. The molecule has 0 N–H and O–H groups in total. The number of oxazole rings is 1. The first kappa shape index (κ1) is 40.6. The first-order chi connectivity index (χ1) is 27.5. The number of aromatic nitrogens is 5. The molecule has 0 bridgehead atoms. The molecule has 4 aromatic heterocycles. The van der Waals surface area contributed by atoms with E-state index < -0.39 is 0 Å². The fourth-order valence-electron chi connectivity index (χ4n) is 7.86. The number of para-hydroxylation sites is 3. The van der Waals surface area contributed by atoms with Crippen LogP contribution in [0, 0.1) is 19.1 Å². The molecule has 9 aromatic rings. The van der Waals surface area contributed by atoms with E-state index >= 15 is 0 Å². The summed E-state index contributed by atoms with van der Waals surface area (Å²) in [4.78, 5) is 13.8. The topological polar surface area (TPSA) is 74.8 Å². The molecule has 0 saturated carbocycles. The van der Waals surface area contributed by atoms with Gasteiger partial charge >= 0.3 is 0 Å². The van der Waals surface area contributed by atoms with Crippen molar-refractivity contribution in [2.24, 2.45) is 0 Å². The molecule has 0 aliphatic carbocycles. The third-order valence-electron chi connectivity index (χ3n) is 10.7. The molecule has 0 aliphatic heterocycles. The second-order valence-electron chi connectivity index (χ2n) is 16.0. The van der Waals surface area contributed by atoms with Gasteiger partial charge in [0.25, 0.3) is 0 Å². The SMILES string of the molecule is CC(C)c1cccc(C(C)C)c1-n1ccnc1-c1[c-]cc2oc3ccccc3c2c1.Cc1nc2cc(-c3nccn3-c3c(C(C)C)cccc3C(C)C)[c-]cc2o1.[Ir]. The third kappa shape index (κ3) is 7.59. The van der Waals surface area contributed by atoms with Gasteiger partial charge in [-0.1, -0.05) is 115 Å². The van der Waals surface area contributed by atoms with Gasteiger partial charge < -0.3 is 18.0 Å². The summed E-state index contributed by atoms with van der Waals surface area (Å²) in [5.74, 6) is 4.09. The van der Waals surface area contributed by atoms with Gasteiger partial charge in [-0.2, -0.15) is 0 Å². The minimum atomic E-state index is 0. The van der Waals surface area contributed by atoms with Gasteiger partial charge in [-0.25, -0.2) is 4.98 Å². The smallest absolute Gasteiger partial charge is 0.180 e. The van der Waals surface area contributed by atoms with Crippen LogP contribution in [0.25, 0.3) is 67.2 Å². The molecule has 297 valence electrons. The van der Waals surface area contributed by atoms with E-state index in [0.29, 0.717) is 29.6 Å². The van der Waals surface area contributed by atoms with E-state index in [0.717, 1.165) is 55.8 Å². The van der Waals surface area contributed by atoms with Gasteiger partial charge in [0.05, 0.1) is 22.8 Å². The van der Waals surface area contributed by atoms with Crippen molar-refractivity contribution in [2.75, 3.05) is 0 Å². The number of furan rings is 1. The summed E-state index contributed by atoms with van der Waals surface area (Å²) in [5, 5.41) is 2.21. The van der Waals surface area contributed by atoms with Crippen molar-refractivity contribution in [3.8, 4) is 34.2 Å². The van der Waals surface area contributed by atoms with E-state index in [-0.39, 0.29) is 20.1 Å². The van der Waals surface area contributed by atoms with Crippen LogP contribution in [0.1, 0.15) is 107 Å². The first-order valence-electron chi connectivity index (χ1n) is 20.0. The summed E-state index contributed by atoms with van der Waals surface area (Å²) in [6, 6.07) is 36.0. The van der Waals surface area contributed by atoms with Crippen molar-refractivity contribution in [1.82, 2.24) is 24.1 Å². The molecule has 4 heterocycles. The molecule has 0 spiro atoms. The Morgan fingerprint density at radius 2 is 1.02 bits per heavy atom. The maximum Gasteiger partial charge on any atom is 0.180 e. The first-order valence-corrected chi connectivity index (χ1v) is 20.0. The van der Waals surface area contributed by atoms with Crippen LogP contribution in [-0.4, -0.2) is 24.1 Å². The van der Waals surface area contributed by atoms with E-state index in [1.807, 2.05) is 61.9 Å². The molecule has 8 heteroatoms. The molecule has 0 atom stereocenters. The minimum absolute atomic E-state index is 0. The molecular formula is C50H49IrN5O2-2. The van der Waals surface area contributed by atoms with Crippen LogP contribution in [-0.2, 0) is 20.1 Å². The Morgan fingerprint density at radius 3 is 1.53 bits per heavy atom. The number of hydrogen-bond acceptors (Lipinski definition) is 5. The average Bonchev–Trinajstić information content (AvgIpc) is 4.02. The Balaban J connectivity index is 0.000000175. The molecule has 0 fully saturated rings. The predicted molar refractivity (Wildman–Crippen MR) is 232 cm³/mol. The van der Waals surface area contributed by atoms with Gasteiger partial charge in [0, 0.05) is 74.1 Å². The number of nitrogens with zero attached hydrogens (tertiary/aromatic N) is 5. The van der Waals surface area contributed by atoms with Crippen molar-refractivity contribution in [3.63, 3.8) is 0 Å². The average molecular weight is 944 g/mol. The molecule has 7 nitrogen and oxygen atoms in total. The quantitative estimate of drug-likeness (QED) is 0.142. The molecule has 0 amide bonds. The number of fused-ring (bicyclic) bond motifs is 4. The van der Waals surface area contributed by atoms with Crippen molar-refractivity contribution >= 4 is 33.0 Å². The summed E-state index contributed by atoms with van der Waals surface area (Å²) in [6.45, 7) is 19.8. The largest absolute Gasteiger partial charge is 0.500 e.